The number of anilines is 2. The summed E-state index contributed by atoms with van der Waals surface area (Å²) in [5.41, 5.74) is 16.9. The second-order valence-corrected chi connectivity index (χ2v) is 15.8. The first-order valence-electron chi connectivity index (χ1n) is 20.2. The van der Waals surface area contributed by atoms with Gasteiger partial charge in [0.2, 0.25) is 0 Å². The maximum Gasteiger partial charge on any atom is 0.430 e. The molecule has 318 valence electrons. The largest absolute Gasteiger partial charge is 0.542 e. The second kappa shape index (κ2) is 20.6. The van der Waals surface area contributed by atoms with Gasteiger partial charge >= 0.3 is 6.18 Å². The summed E-state index contributed by atoms with van der Waals surface area (Å²) in [6, 6.07) is 37.9. The van der Waals surface area contributed by atoms with Crippen LogP contribution >= 0.6 is 0 Å². The number of halogens is 3. The quantitative estimate of drug-likeness (QED) is 0.110. The molecule has 0 N–H and O–H groups in total. The van der Waals surface area contributed by atoms with Crippen molar-refractivity contribution < 1.29 is 27.6 Å². The lowest BCUT2D eigenvalue weighted by Gasteiger charge is -2.14. The zero-order valence-corrected chi connectivity index (χ0v) is 36.9. The minimum Gasteiger partial charge on any atom is -0.542 e. The van der Waals surface area contributed by atoms with Gasteiger partial charge in [-0.1, -0.05) is 115 Å². The third-order valence-corrected chi connectivity index (χ3v) is 10.5. The number of benzene rings is 5. The van der Waals surface area contributed by atoms with Crippen LogP contribution in [0.2, 0.25) is 0 Å². The SMILES string of the molecule is Cc1cc(C(c2ccc(/C=C/c3ccc(N(C)C)cc3)c(C)c2)=c2cc/c(=C\C=C3C=CC(=[N+](C)C)C=C3)c(C)c2)ccc1/C=C/c1ccc(N(C)C)cc1.O=C([O-])C(F)(F)F. The smallest absolute Gasteiger partial charge is 0.430 e. The van der Waals surface area contributed by atoms with Crippen molar-refractivity contribution in [1.29, 1.82) is 0 Å². The van der Waals surface area contributed by atoms with E-state index in [0.29, 0.717) is 0 Å². The molecule has 0 radical (unpaired) electrons. The van der Waals surface area contributed by atoms with Crippen molar-refractivity contribution in [2.24, 2.45) is 0 Å². The topological polar surface area (TPSA) is 49.6 Å². The number of hydrogen-bond acceptors (Lipinski definition) is 4. The molecule has 0 aliphatic heterocycles. The van der Waals surface area contributed by atoms with Gasteiger partial charge in [-0.05, 0) is 129 Å². The fraction of sp³-hybridized carbons (Fsp3) is 0.185. The summed E-state index contributed by atoms with van der Waals surface area (Å²) < 4.78 is 33.7. The third kappa shape index (κ3) is 12.6. The third-order valence-electron chi connectivity index (χ3n) is 10.5. The number of aryl methyl sites for hydroxylation is 3. The molecule has 8 heteroatoms. The van der Waals surface area contributed by atoms with Gasteiger partial charge in [0.1, 0.15) is 20.1 Å². The maximum absolute atomic E-state index is 10.5. The van der Waals surface area contributed by atoms with Gasteiger partial charge in [0.25, 0.3) is 0 Å². The second-order valence-electron chi connectivity index (χ2n) is 15.8. The molecule has 6 rings (SSSR count). The molecule has 1 aliphatic carbocycles. The fourth-order valence-corrected chi connectivity index (χ4v) is 6.76. The van der Waals surface area contributed by atoms with Crippen molar-refractivity contribution in [3.63, 3.8) is 0 Å². The number of aliphatic carboxylic acids is 1. The van der Waals surface area contributed by atoms with Gasteiger partial charge in [0.05, 0.1) is 0 Å². The minimum atomic E-state index is -5.19. The first-order chi connectivity index (χ1) is 29.4. The van der Waals surface area contributed by atoms with E-state index < -0.39 is 12.1 Å². The Kier molecular flexibility index (Phi) is 15.3. The van der Waals surface area contributed by atoms with Gasteiger partial charge in [-0.3, -0.25) is 0 Å². The highest BCUT2D eigenvalue weighted by Gasteiger charge is 2.28. The number of allylic oxidation sites excluding steroid dienone is 6. The normalized spacial score (nSPS) is 12.7. The average Bonchev–Trinajstić information content (AvgIpc) is 3.23. The van der Waals surface area contributed by atoms with E-state index in [1.807, 2.05) is 0 Å². The molecule has 5 aromatic carbocycles. The Bertz CT molecular complexity index is 2590. The molecule has 0 bridgehead atoms. The van der Waals surface area contributed by atoms with E-state index in [1.54, 1.807) is 0 Å². The predicted molar refractivity (Wildman–Crippen MR) is 253 cm³/mol. The Morgan fingerprint density at radius 3 is 1.40 bits per heavy atom. The number of carbonyl (C=O) groups is 1. The molecule has 62 heavy (non-hydrogen) atoms. The number of rotatable bonds is 9. The summed E-state index contributed by atoms with van der Waals surface area (Å²) in [7, 11) is 12.4. The monoisotopic (exact) mass is 833 g/mol. The van der Waals surface area contributed by atoms with Gasteiger partial charge in [-0.15, -0.1) is 0 Å². The molecule has 0 saturated heterocycles. The van der Waals surface area contributed by atoms with E-state index in [0.717, 1.165) is 0 Å². The number of carboxylic acids is 1. The van der Waals surface area contributed by atoms with Gasteiger partial charge in [0, 0.05) is 51.7 Å². The Morgan fingerprint density at radius 1 is 0.581 bits per heavy atom. The van der Waals surface area contributed by atoms with Gasteiger partial charge in [-0.2, -0.15) is 13.2 Å². The standard InChI is InChI=1S/C52H54N3.C2HF3O2/c1-37-34-46(25-22-43(37)19-10-40-13-28-49(29-14-40)53(4)5)52(47-26-23-44(38(2)35-47)20-11-41-15-30-50(31-16-41)54(6)7)48-27-24-45(39(3)36-48)21-12-42-17-32-51(33-18-42)55(8)9;3-2(4,5)1(6)7/h10-36H,1-9H3;(H,6,7)/q+1;/p-1. The van der Waals surface area contributed by atoms with Gasteiger partial charge < -0.3 is 19.7 Å². The zero-order valence-electron chi connectivity index (χ0n) is 36.9. The molecular weight excluding hydrogens is 780 g/mol. The Balaban J connectivity index is 0.000000955. The lowest BCUT2D eigenvalue weighted by atomic mass is 9.90. The number of carbonyl (C=O) groups excluding carboxylic acids is 1. The lowest BCUT2D eigenvalue weighted by molar-refractivity contribution is -0.462. The summed E-state index contributed by atoms with van der Waals surface area (Å²) in [6.45, 7) is 6.64. The van der Waals surface area contributed by atoms with Crippen LogP contribution in [-0.2, 0) is 4.79 Å². The van der Waals surface area contributed by atoms with Gasteiger partial charge in [-0.25, -0.2) is 4.58 Å². The molecule has 0 saturated carbocycles. The van der Waals surface area contributed by atoms with E-state index in [2.05, 4.69) is 241 Å². The van der Waals surface area contributed by atoms with E-state index in [1.165, 1.54) is 88.7 Å². The maximum atomic E-state index is 10.5. The van der Waals surface area contributed by atoms with Crippen LogP contribution in [-0.4, -0.2) is 64.7 Å². The average molecular weight is 834 g/mol. The Morgan fingerprint density at radius 2 is 1.03 bits per heavy atom. The molecule has 0 amide bonds. The van der Waals surface area contributed by atoms with Crippen LogP contribution in [0.4, 0.5) is 24.5 Å². The lowest BCUT2D eigenvalue weighted by Crippen LogP contribution is -2.37. The van der Waals surface area contributed by atoms with Crippen molar-refractivity contribution in [1.82, 2.24) is 0 Å². The summed E-state index contributed by atoms with van der Waals surface area (Å²) in [6.07, 6.45) is 16.7. The molecule has 0 unspecified atom stereocenters. The van der Waals surface area contributed by atoms with Crippen LogP contribution in [0.5, 0.6) is 0 Å². The molecule has 0 aromatic heterocycles. The number of nitrogens with zero attached hydrogens (tertiary/aromatic N) is 3. The molecule has 0 fully saturated rings. The summed E-state index contributed by atoms with van der Waals surface area (Å²) >= 11 is 0. The number of hydrogen-bond donors (Lipinski definition) is 0. The van der Waals surface area contributed by atoms with Crippen molar-refractivity contribution in [2.75, 3.05) is 52.1 Å². The summed E-state index contributed by atoms with van der Waals surface area (Å²) in [5, 5.41) is 11.2. The van der Waals surface area contributed by atoms with E-state index in [4.69, 9.17) is 9.90 Å². The van der Waals surface area contributed by atoms with Gasteiger partial charge in [0.15, 0.2) is 5.71 Å². The highest BCUT2D eigenvalue weighted by Crippen LogP contribution is 2.27. The van der Waals surface area contributed by atoms with E-state index >= 15 is 0 Å². The highest BCUT2D eigenvalue weighted by molar-refractivity contribution is 6.02. The van der Waals surface area contributed by atoms with E-state index in [9.17, 15) is 13.2 Å². The molecule has 5 aromatic rings. The van der Waals surface area contributed by atoms with Crippen molar-refractivity contribution in [3.8, 4) is 0 Å². The van der Waals surface area contributed by atoms with Crippen LogP contribution in [0, 0.1) is 20.8 Å². The molecule has 0 spiro atoms. The molecule has 1 aliphatic rings. The van der Waals surface area contributed by atoms with Crippen molar-refractivity contribution in [2.45, 2.75) is 26.9 Å². The number of carboxylic acid groups (broad SMARTS) is 1. The van der Waals surface area contributed by atoms with Crippen molar-refractivity contribution in [3.05, 3.63) is 200 Å². The van der Waals surface area contributed by atoms with Crippen LogP contribution in [0.15, 0.2) is 139 Å². The first kappa shape index (κ1) is 46.1. The Labute approximate surface area is 364 Å². The van der Waals surface area contributed by atoms with Crippen molar-refractivity contribution >= 4 is 59.0 Å². The molecule has 5 nitrogen and oxygen atoms in total. The highest BCUT2D eigenvalue weighted by atomic mass is 19.4. The molecule has 0 atom stereocenters. The van der Waals surface area contributed by atoms with Crippen LogP contribution in [0.1, 0.15) is 50.1 Å². The predicted octanol–water partition coefficient (Wildman–Crippen LogP) is 9.18. The summed E-state index contributed by atoms with van der Waals surface area (Å²) in [5.74, 6) is -3.01. The summed E-state index contributed by atoms with van der Waals surface area (Å²) in [4.78, 5) is 13.0. The fourth-order valence-electron chi connectivity index (χ4n) is 6.76. The first-order valence-corrected chi connectivity index (χ1v) is 20.2. The molecule has 0 heterocycles. The number of alkyl halides is 3. The van der Waals surface area contributed by atoms with Crippen LogP contribution in [0.3, 0.4) is 0 Å². The Hall–Kier alpha value is -6.93. The minimum absolute atomic E-state index is 1.19. The van der Waals surface area contributed by atoms with Crippen LogP contribution in [0.25, 0.3) is 36.0 Å². The zero-order chi connectivity index (χ0) is 45.1. The molecular formula is C54H54F3N3O2. The van der Waals surface area contributed by atoms with Crippen LogP contribution < -0.4 is 25.3 Å². The van der Waals surface area contributed by atoms with E-state index in [-0.39, 0.29) is 0 Å².